The van der Waals surface area contributed by atoms with Gasteiger partial charge in [0.05, 0.1) is 61.7 Å². The number of aromatic amines is 4. The minimum atomic E-state index is -4.53. The molecule has 0 radical (unpaired) electrons. The van der Waals surface area contributed by atoms with E-state index in [9.17, 15) is 39.6 Å². The van der Waals surface area contributed by atoms with E-state index >= 15 is 4.39 Å². The van der Waals surface area contributed by atoms with Gasteiger partial charge in [0.2, 0.25) is 49.7 Å². The maximum Gasteiger partial charge on any atom is 0.432 e. The lowest BCUT2D eigenvalue weighted by molar-refractivity contribution is -0.141. The van der Waals surface area contributed by atoms with Crippen molar-refractivity contribution in [3.63, 3.8) is 0 Å². The van der Waals surface area contributed by atoms with Crippen molar-refractivity contribution in [2.75, 3.05) is 149 Å². The Morgan fingerprint density at radius 1 is 0.438 bits per heavy atom. The molecule has 18 rings (SSSR count). The van der Waals surface area contributed by atoms with E-state index in [0.29, 0.717) is 150 Å². The van der Waals surface area contributed by atoms with Crippen molar-refractivity contribution in [3.8, 4) is 0 Å². The SMILES string of the molecule is Cc1cc(C2CCN(C(=O)CN(C)C)CC2)c(C)cc1Cc1ncc(Cl)c(Nc2cc(C(F)(F)F)[nH]n2)n1.Cc1cc(Nc2nc(Nc3cc(C)c(C4CCN(C(=O)CCCN5CCOCC5)CC4)cc3C)ncc2Cl)n[nH]1.Cc1cc(Nc2nc(Nc3cc(C)c(C4CCN(S(=O)(=O)C5CC5)CC4)cc3F)ncc2Cl)n[nH]1.Cc1cc(Nc2nc(Nc3cc(C)c(C4CCN(S(C)(=O)=O)CC4)cc3C)ncc2Cl)n[nH]1. The largest absolute Gasteiger partial charge is 0.432 e. The molecule has 13 heterocycles. The minimum Gasteiger partial charge on any atom is -0.379 e. The van der Waals surface area contributed by atoms with E-state index < -0.39 is 37.7 Å². The number of H-pyrrole nitrogens is 4. The van der Waals surface area contributed by atoms with Crippen molar-refractivity contribution in [2.24, 2.45) is 0 Å². The first-order valence-corrected chi connectivity index (χ1v) is 53.7. The Morgan fingerprint density at radius 2 is 0.815 bits per heavy atom. The predicted octanol–water partition coefficient (Wildman–Crippen LogP) is 19.3. The van der Waals surface area contributed by atoms with Crippen molar-refractivity contribution in [2.45, 2.75) is 188 Å². The Kier molecular flexibility index (Phi) is 35.6. The molecule has 6 aliphatic rings. The van der Waals surface area contributed by atoms with Gasteiger partial charge in [-0.25, -0.2) is 54.8 Å². The van der Waals surface area contributed by atoms with E-state index in [1.807, 2.05) is 82.7 Å². The number of aryl methyl sites for hydroxylation is 10. The molecule has 2 amide bonds. The van der Waals surface area contributed by atoms with Crippen LogP contribution in [-0.4, -0.2) is 255 Å². The molecule has 0 bridgehead atoms. The highest BCUT2D eigenvalue weighted by Gasteiger charge is 2.42. The van der Waals surface area contributed by atoms with Gasteiger partial charge in [-0.2, -0.15) is 48.5 Å². The van der Waals surface area contributed by atoms with Crippen LogP contribution in [0, 0.1) is 75.1 Å². The number of amides is 2. The minimum absolute atomic E-state index is 0.0466. The van der Waals surface area contributed by atoms with E-state index in [0.717, 1.165) is 190 Å². The lowest BCUT2D eigenvalue weighted by atomic mass is 9.84. The van der Waals surface area contributed by atoms with Gasteiger partial charge < -0.3 is 56.7 Å². The number of likely N-dealkylation sites (N-methyl/N-ethyl adjacent to an activating group) is 1. The number of sulfonamides is 2. The third-order valence-electron chi connectivity index (χ3n) is 27.0. The van der Waals surface area contributed by atoms with Crippen LogP contribution in [0.1, 0.15) is 196 Å². The number of piperidine rings is 4. The number of aromatic nitrogens is 16. The summed E-state index contributed by atoms with van der Waals surface area (Å²) in [6, 6.07) is 22.7. The number of likely N-dealkylation sites (tertiary alicyclic amines) is 2. The number of carbonyl (C=O) groups excluding carboxylic acids is 2. The number of benzene rings is 4. The van der Waals surface area contributed by atoms with Crippen LogP contribution in [0.2, 0.25) is 20.1 Å². The van der Waals surface area contributed by atoms with Gasteiger partial charge in [0.25, 0.3) is 0 Å². The third kappa shape index (κ3) is 28.8. The van der Waals surface area contributed by atoms with Crippen LogP contribution in [0.5, 0.6) is 0 Å². The maximum atomic E-state index is 15.1. The molecule has 8 aromatic heterocycles. The molecule has 0 atom stereocenters. The van der Waals surface area contributed by atoms with E-state index in [1.165, 1.54) is 52.5 Å². The fraction of sp³-hybridized carbons (Fsp3) is 0.460. The molecule has 5 saturated heterocycles. The zero-order chi connectivity index (χ0) is 104. The molecular weight excluding hydrogens is 2000 g/mol. The second kappa shape index (κ2) is 48.0. The number of anilines is 14. The smallest absolute Gasteiger partial charge is 0.379 e. The number of nitrogens with one attached hydrogen (secondary N) is 11. The normalized spacial score (nSPS) is 16.2. The monoisotopic (exact) mass is 2120 g/mol. The number of rotatable bonds is 29. The summed E-state index contributed by atoms with van der Waals surface area (Å²) in [4.78, 5) is 68.5. The van der Waals surface area contributed by atoms with Gasteiger partial charge in [0, 0.05) is 131 Å². The second-order valence-corrected chi connectivity index (χ2v) is 44.3. The molecule has 11 N–H and O–H groups in total. The molecule has 12 aromatic rings. The first-order valence-electron chi connectivity index (χ1n) is 48.8. The molecule has 5 aliphatic heterocycles. The molecule has 1 saturated carbocycles. The van der Waals surface area contributed by atoms with Gasteiger partial charge in [-0.3, -0.25) is 34.9 Å². The standard InChI is InChI=1S/C29H39ClN8O2.C26H31ClF3N7O.C23H27ClFN7O2S.C22H28ClN7O2S/c1-19-16-25(32-29-31-18-24(30)28(34-29)33-26-17-21(3)35-36-26)20(2)15-23(19)22-6-9-38(10-7-22)27(39)5-4-8-37-11-13-40-14-12-37;1-15-10-19(17-5-7-37(8-6-17)24(38)14-36(3)4)16(2)9-18(15)11-22-31-13-20(27)25(32-22)33-23-12-21(34-35-23)26(28,29)30;1-13-9-20(27-23-26-12-18(24)22(29-23)28-21-10-14(2)30-31-21)19(25)11-17(13)15-5-7-32(8-6-15)35(33,34)16-3-4-16;1-13-10-19(14(2)9-17(13)16-5-7-30(8-6-16)33(4,31)32)25-22-24-12-18(23)21(27-22)26-20-11-15(3)28-29-20/h15-18,22H,4-14H2,1-3H3,(H3,31,32,33,34,35,36);9-10,12-13,17H,5-8,11,14H2,1-4H3,(H2,31,32,33,34,35);9-12,15-16H,3-8H2,1-2H3,(H3,26,27,28,29,30,31);9-12,16H,5-8H2,1-4H3,(H3,24,25,26,27,28,29). The highest BCUT2D eigenvalue weighted by molar-refractivity contribution is 7.90. The highest BCUT2D eigenvalue weighted by Crippen LogP contribution is 2.43. The van der Waals surface area contributed by atoms with Crippen molar-refractivity contribution < 1.29 is 48.7 Å². The summed E-state index contributed by atoms with van der Waals surface area (Å²) >= 11 is 25.0. The summed E-state index contributed by atoms with van der Waals surface area (Å²) in [5.74, 6) is 6.12. The van der Waals surface area contributed by atoms with Crippen LogP contribution in [0.4, 0.5) is 99.0 Å². The molecule has 36 nitrogen and oxygen atoms in total. The number of halogens is 8. The van der Waals surface area contributed by atoms with Gasteiger partial charge in [-0.1, -0.05) is 70.7 Å². The Labute approximate surface area is 867 Å². The molecule has 1 aliphatic carbocycles. The summed E-state index contributed by atoms with van der Waals surface area (Å²) in [6.07, 6.45) is 13.1. The van der Waals surface area contributed by atoms with Gasteiger partial charge in [-0.15, -0.1) is 0 Å². The van der Waals surface area contributed by atoms with Crippen LogP contribution in [0.15, 0.2) is 97.6 Å². The summed E-state index contributed by atoms with van der Waals surface area (Å²) in [6.45, 7) is 30.4. The number of hydrogen-bond donors (Lipinski definition) is 11. The highest BCUT2D eigenvalue weighted by atomic mass is 35.5. The molecular formula is C100H125Cl4F4N29O7S2. The number of morpholine rings is 1. The van der Waals surface area contributed by atoms with E-state index in [2.05, 4.69) is 187 Å². The zero-order valence-electron chi connectivity index (χ0n) is 84.0. The number of hydrogen-bond acceptors (Lipinski definition) is 28. The first-order chi connectivity index (χ1) is 69.6. The van der Waals surface area contributed by atoms with E-state index in [1.54, 1.807) is 33.1 Å². The van der Waals surface area contributed by atoms with Crippen molar-refractivity contribution in [1.82, 2.24) is 109 Å². The van der Waals surface area contributed by atoms with E-state index in [-0.39, 0.29) is 45.4 Å². The van der Waals surface area contributed by atoms with Crippen LogP contribution in [-0.2, 0) is 47.0 Å². The van der Waals surface area contributed by atoms with Crippen LogP contribution < -0.4 is 37.2 Å². The van der Waals surface area contributed by atoms with Crippen LogP contribution in [0.3, 0.4) is 0 Å². The fourth-order valence-electron chi connectivity index (χ4n) is 18.9. The van der Waals surface area contributed by atoms with Crippen LogP contribution >= 0.6 is 46.4 Å². The summed E-state index contributed by atoms with van der Waals surface area (Å²) in [7, 11) is -2.49. The predicted molar refractivity (Wildman–Crippen MR) is 562 cm³/mol. The van der Waals surface area contributed by atoms with Gasteiger partial charge >= 0.3 is 6.18 Å². The molecule has 6 fully saturated rings. The molecule has 4 aromatic carbocycles. The van der Waals surface area contributed by atoms with E-state index in [4.69, 9.17) is 51.1 Å². The van der Waals surface area contributed by atoms with Gasteiger partial charge in [-0.05, 0) is 275 Å². The summed E-state index contributed by atoms with van der Waals surface area (Å²) in [5, 5.41) is 49.3. The lowest BCUT2D eigenvalue weighted by Gasteiger charge is -2.33. The van der Waals surface area contributed by atoms with Crippen molar-refractivity contribution >= 4 is 160 Å². The Bertz CT molecular complexity index is 6850. The average Bonchev–Trinajstić information content (AvgIpc) is 1.41. The number of ether oxygens (including phenoxy) is 1. The molecule has 0 spiro atoms. The number of nitrogens with zero attached hydrogens (tertiary/aromatic N) is 18. The topological polar surface area (TPSA) is 433 Å². The number of carbonyl (C=O) groups is 2. The average molecular weight is 2130 g/mol. The molecule has 780 valence electrons. The maximum absolute atomic E-state index is 15.1. The molecule has 146 heavy (non-hydrogen) atoms. The Balaban J connectivity index is 0.000000146. The fourth-order valence-corrected chi connectivity index (χ4v) is 22.2. The van der Waals surface area contributed by atoms with Crippen LogP contribution in [0.25, 0.3) is 0 Å². The molecule has 46 heteroatoms. The number of alkyl halides is 3. The second-order valence-electron chi connectivity index (χ2n) is 38.5. The Hall–Kier alpha value is -11.8. The first kappa shape index (κ1) is 108. The van der Waals surface area contributed by atoms with Crippen molar-refractivity contribution in [3.05, 3.63) is 219 Å². The Morgan fingerprint density at radius 3 is 1.23 bits per heavy atom. The van der Waals surface area contributed by atoms with Gasteiger partial charge in [0.1, 0.15) is 37.4 Å². The van der Waals surface area contributed by atoms with Crippen molar-refractivity contribution in [1.29, 1.82) is 0 Å². The summed E-state index contributed by atoms with van der Waals surface area (Å²) in [5.41, 5.74) is 17.5. The third-order valence-corrected chi connectivity index (χ3v) is 31.8. The van der Waals surface area contributed by atoms with Gasteiger partial charge in [0.15, 0.2) is 46.5 Å². The quantitative estimate of drug-likeness (QED) is 0.0194. The lowest BCUT2D eigenvalue weighted by Crippen LogP contribution is -2.42. The molecule has 0 unspecified atom stereocenters. The summed E-state index contributed by atoms with van der Waals surface area (Å²) < 4.78 is 111. The zero-order valence-corrected chi connectivity index (χ0v) is 88.6.